The first kappa shape index (κ1) is 19.6. The maximum Gasteiger partial charge on any atom is 0.255 e. The number of carbonyl (C=O) groups excluding carboxylic acids is 1. The number of aryl methyl sites for hydroxylation is 1. The van der Waals surface area contributed by atoms with Gasteiger partial charge in [-0.15, -0.1) is 0 Å². The molecule has 1 atom stereocenters. The second kappa shape index (κ2) is 9.70. The Hall–Kier alpha value is -2.13. The Bertz CT molecular complexity index is 721. The van der Waals surface area contributed by atoms with E-state index in [2.05, 4.69) is 48.3 Å². The van der Waals surface area contributed by atoms with E-state index in [0.29, 0.717) is 5.56 Å². The van der Waals surface area contributed by atoms with Crippen molar-refractivity contribution in [3.63, 3.8) is 0 Å². The van der Waals surface area contributed by atoms with Crippen LogP contribution in [0.1, 0.15) is 61.0 Å². The Balaban J connectivity index is 1.54. The lowest BCUT2D eigenvalue weighted by Crippen LogP contribution is -2.33. The van der Waals surface area contributed by atoms with Crippen LogP contribution in [0, 0.1) is 5.92 Å². The van der Waals surface area contributed by atoms with Gasteiger partial charge in [-0.3, -0.25) is 9.69 Å². The van der Waals surface area contributed by atoms with Crippen LogP contribution in [-0.2, 0) is 13.0 Å². The van der Waals surface area contributed by atoms with Crippen molar-refractivity contribution in [3.05, 3.63) is 65.2 Å². The molecule has 3 rings (SSSR count). The number of amides is 1. The maximum atomic E-state index is 12.5. The van der Waals surface area contributed by atoms with E-state index >= 15 is 0 Å². The molecule has 0 spiro atoms. The van der Waals surface area contributed by atoms with Crippen LogP contribution in [0.15, 0.2) is 48.5 Å². The molecule has 1 aliphatic heterocycles. The number of likely N-dealkylation sites (tertiary alicyclic amines) is 1. The zero-order valence-electron chi connectivity index (χ0n) is 16.7. The van der Waals surface area contributed by atoms with E-state index in [1.54, 1.807) is 0 Å². The SMILES string of the molecule is CCCCc1ccc(NC(=O)c2ccc(CN3CCC[C@@H](C)C3)cc2)cc1. The largest absolute Gasteiger partial charge is 0.322 e. The van der Waals surface area contributed by atoms with E-state index in [9.17, 15) is 4.79 Å². The molecule has 0 radical (unpaired) electrons. The Morgan fingerprint density at radius 2 is 1.78 bits per heavy atom. The first-order valence-electron chi connectivity index (χ1n) is 10.4. The van der Waals surface area contributed by atoms with Gasteiger partial charge in [-0.05, 0) is 73.5 Å². The second-order valence-electron chi connectivity index (χ2n) is 7.93. The summed E-state index contributed by atoms with van der Waals surface area (Å²) in [6, 6.07) is 16.2. The lowest BCUT2D eigenvalue weighted by atomic mass is 9.99. The average molecular weight is 365 g/mol. The molecule has 2 aromatic carbocycles. The number of unbranched alkanes of at least 4 members (excludes halogenated alkanes) is 1. The third kappa shape index (κ3) is 5.93. The van der Waals surface area contributed by atoms with E-state index in [1.165, 1.54) is 49.9 Å². The fourth-order valence-corrected chi connectivity index (χ4v) is 3.79. The van der Waals surface area contributed by atoms with Crippen molar-refractivity contribution in [2.75, 3.05) is 18.4 Å². The van der Waals surface area contributed by atoms with Gasteiger partial charge in [0.15, 0.2) is 0 Å². The quantitative estimate of drug-likeness (QED) is 0.702. The number of rotatable bonds is 7. The van der Waals surface area contributed by atoms with Gasteiger partial charge >= 0.3 is 0 Å². The van der Waals surface area contributed by atoms with Crippen LogP contribution in [-0.4, -0.2) is 23.9 Å². The zero-order valence-corrected chi connectivity index (χ0v) is 16.7. The first-order chi connectivity index (χ1) is 13.1. The molecule has 1 fully saturated rings. The predicted octanol–water partition coefficient (Wildman–Crippen LogP) is 5.51. The molecule has 0 unspecified atom stereocenters. The number of hydrogen-bond donors (Lipinski definition) is 1. The monoisotopic (exact) mass is 364 g/mol. The molecule has 3 heteroatoms. The highest BCUT2D eigenvalue weighted by molar-refractivity contribution is 6.04. The highest BCUT2D eigenvalue weighted by Gasteiger charge is 2.16. The normalized spacial score (nSPS) is 17.6. The Morgan fingerprint density at radius 1 is 1.07 bits per heavy atom. The van der Waals surface area contributed by atoms with Crippen molar-refractivity contribution < 1.29 is 4.79 Å². The van der Waals surface area contributed by atoms with Gasteiger partial charge in [0.05, 0.1) is 0 Å². The van der Waals surface area contributed by atoms with E-state index in [-0.39, 0.29) is 5.91 Å². The Morgan fingerprint density at radius 3 is 2.44 bits per heavy atom. The summed E-state index contributed by atoms with van der Waals surface area (Å²) in [6.07, 6.45) is 6.13. The first-order valence-corrected chi connectivity index (χ1v) is 10.4. The number of carbonyl (C=O) groups is 1. The molecule has 1 amide bonds. The summed E-state index contributed by atoms with van der Waals surface area (Å²) in [5.41, 5.74) is 4.17. The van der Waals surface area contributed by atoms with Crippen molar-refractivity contribution in [1.29, 1.82) is 0 Å². The molecule has 0 aromatic heterocycles. The minimum absolute atomic E-state index is 0.0468. The number of anilines is 1. The molecule has 1 aliphatic rings. The number of nitrogens with one attached hydrogen (secondary N) is 1. The molecule has 0 saturated carbocycles. The van der Waals surface area contributed by atoms with Crippen molar-refractivity contribution >= 4 is 11.6 Å². The van der Waals surface area contributed by atoms with Crippen LogP contribution < -0.4 is 5.32 Å². The van der Waals surface area contributed by atoms with Crippen molar-refractivity contribution in [2.24, 2.45) is 5.92 Å². The van der Waals surface area contributed by atoms with Gasteiger partial charge in [0, 0.05) is 24.3 Å². The van der Waals surface area contributed by atoms with E-state index in [0.717, 1.165) is 24.6 Å². The number of benzene rings is 2. The van der Waals surface area contributed by atoms with Crippen LogP contribution in [0.2, 0.25) is 0 Å². The minimum atomic E-state index is -0.0468. The summed E-state index contributed by atoms with van der Waals surface area (Å²) in [5, 5.41) is 3.00. The zero-order chi connectivity index (χ0) is 19.1. The minimum Gasteiger partial charge on any atom is -0.322 e. The fraction of sp³-hybridized carbons (Fsp3) is 0.458. The van der Waals surface area contributed by atoms with E-state index in [4.69, 9.17) is 0 Å². The van der Waals surface area contributed by atoms with Crippen molar-refractivity contribution in [2.45, 2.75) is 52.5 Å². The number of hydrogen-bond acceptors (Lipinski definition) is 2. The highest BCUT2D eigenvalue weighted by Crippen LogP contribution is 2.18. The third-order valence-electron chi connectivity index (χ3n) is 5.39. The standard InChI is InChI=1S/C24H32N2O/c1-3-4-7-20-10-14-23(15-11-20)25-24(27)22-12-8-21(9-13-22)18-26-16-5-6-19(2)17-26/h8-15,19H,3-7,16-18H2,1-2H3,(H,25,27)/t19-/m1/s1. The second-order valence-corrected chi connectivity index (χ2v) is 7.93. The maximum absolute atomic E-state index is 12.5. The molecule has 144 valence electrons. The van der Waals surface area contributed by atoms with Gasteiger partial charge in [-0.2, -0.15) is 0 Å². The Labute approximate surface area is 163 Å². The average Bonchev–Trinajstić information content (AvgIpc) is 2.68. The summed E-state index contributed by atoms with van der Waals surface area (Å²) >= 11 is 0. The molecule has 0 aliphatic carbocycles. The van der Waals surface area contributed by atoms with Crippen LogP contribution in [0.25, 0.3) is 0 Å². The van der Waals surface area contributed by atoms with E-state index in [1.807, 2.05) is 24.3 Å². The van der Waals surface area contributed by atoms with Gasteiger partial charge in [0.1, 0.15) is 0 Å². The van der Waals surface area contributed by atoms with Gasteiger partial charge in [-0.25, -0.2) is 0 Å². The predicted molar refractivity (Wildman–Crippen MR) is 113 cm³/mol. The lowest BCUT2D eigenvalue weighted by molar-refractivity contribution is 0.102. The van der Waals surface area contributed by atoms with Gasteiger partial charge < -0.3 is 5.32 Å². The van der Waals surface area contributed by atoms with Crippen molar-refractivity contribution in [1.82, 2.24) is 4.90 Å². The van der Waals surface area contributed by atoms with Gasteiger partial charge in [0.25, 0.3) is 5.91 Å². The molecular weight excluding hydrogens is 332 g/mol. The fourth-order valence-electron chi connectivity index (χ4n) is 3.79. The molecule has 27 heavy (non-hydrogen) atoms. The van der Waals surface area contributed by atoms with Crippen LogP contribution in [0.5, 0.6) is 0 Å². The molecule has 1 saturated heterocycles. The highest BCUT2D eigenvalue weighted by atomic mass is 16.1. The summed E-state index contributed by atoms with van der Waals surface area (Å²) < 4.78 is 0. The molecule has 3 nitrogen and oxygen atoms in total. The number of piperidine rings is 1. The topological polar surface area (TPSA) is 32.3 Å². The molecule has 2 aromatic rings. The summed E-state index contributed by atoms with van der Waals surface area (Å²) in [6.45, 7) is 7.87. The van der Waals surface area contributed by atoms with E-state index < -0.39 is 0 Å². The van der Waals surface area contributed by atoms with Gasteiger partial charge in [-0.1, -0.05) is 44.5 Å². The van der Waals surface area contributed by atoms with Crippen LogP contribution in [0.3, 0.4) is 0 Å². The molecule has 1 heterocycles. The number of nitrogens with zero attached hydrogens (tertiary/aromatic N) is 1. The smallest absolute Gasteiger partial charge is 0.255 e. The lowest BCUT2D eigenvalue weighted by Gasteiger charge is -2.30. The molecule has 0 bridgehead atoms. The summed E-state index contributed by atoms with van der Waals surface area (Å²) in [5.74, 6) is 0.742. The van der Waals surface area contributed by atoms with Crippen LogP contribution >= 0.6 is 0 Å². The molecule has 1 N–H and O–H groups in total. The van der Waals surface area contributed by atoms with Crippen molar-refractivity contribution in [3.8, 4) is 0 Å². The third-order valence-corrected chi connectivity index (χ3v) is 5.39. The van der Waals surface area contributed by atoms with Crippen LogP contribution in [0.4, 0.5) is 5.69 Å². The molecular formula is C24H32N2O. The summed E-state index contributed by atoms with van der Waals surface area (Å²) in [7, 11) is 0. The van der Waals surface area contributed by atoms with Gasteiger partial charge in [0.2, 0.25) is 0 Å². The summed E-state index contributed by atoms with van der Waals surface area (Å²) in [4.78, 5) is 15.0. The Kier molecular flexibility index (Phi) is 7.05.